The number of carbonyl (C=O) groups is 2. The van der Waals surface area contributed by atoms with Crippen molar-refractivity contribution < 1.29 is 14.5 Å². The van der Waals surface area contributed by atoms with Crippen molar-refractivity contribution in [3.63, 3.8) is 0 Å². The van der Waals surface area contributed by atoms with Crippen LogP contribution in [0.15, 0.2) is 29.4 Å². The second-order valence-corrected chi connectivity index (χ2v) is 3.83. The Morgan fingerprint density at radius 2 is 2.00 bits per heavy atom. The largest absolute Gasteiger partial charge is 0.281 e. The van der Waals surface area contributed by atoms with E-state index in [0.29, 0.717) is 5.71 Å². The van der Waals surface area contributed by atoms with Gasteiger partial charge in [-0.3, -0.25) is 19.7 Å². The molecule has 0 N–H and O–H groups in total. The van der Waals surface area contributed by atoms with E-state index in [0.717, 1.165) is 5.01 Å². The zero-order valence-corrected chi connectivity index (χ0v) is 9.49. The fourth-order valence-electron chi connectivity index (χ4n) is 1.56. The molecule has 18 heavy (non-hydrogen) atoms. The highest BCUT2D eigenvalue weighted by Gasteiger charge is 2.28. The third kappa shape index (κ3) is 2.10. The molecule has 0 saturated heterocycles. The first kappa shape index (κ1) is 11.9. The van der Waals surface area contributed by atoms with Gasteiger partial charge in [0, 0.05) is 23.4 Å². The Hall–Kier alpha value is -2.57. The van der Waals surface area contributed by atoms with E-state index in [-0.39, 0.29) is 17.7 Å². The molecule has 2 amide bonds. The zero-order valence-electron chi connectivity index (χ0n) is 9.49. The van der Waals surface area contributed by atoms with Crippen molar-refractivity contribution in [2.24, 2.45) is 5.10 Å². The molecule has 1 aromatic carbocycles. The lowest BCUT2D eigenvalue weighted by Gasteiger charge is -2.09. The summed E-state index contributed by atoms with van der Waals surface area (Å²) in [5, 5.41) is 15.1. The first-order valence-electron chi connectivity index (χ1n) is 5.15. The second kappa shape index (κ2) is 4.36. The summed E-state index contributed by atoms with van der Waals surface area (Å²) in [4.78, 5) is 33.3. The Bertz CT molecular complexity index is 562. The molecule has 0 spiro atoms. The number of rotatable bonds is 2. The summed E-state index contributed by atoms with van der Waals surface area (Å²) in [5.41, 5.74) is 0.640. The SMILES string of the molecule is CC1=NN(C(=O)c2ccc([N+](=O)[O-])cc2)C(=O)C1. The lowest BCUT2D eigenvalue weighted by molar-refractivity contribution is -0.384. The van der Waals surface area contributed by atoms with E-state index < -0.39 is 16.7 Å². The van der Waals surface area contributed by atoms with Crippen molar-refractivity contribution in [2.45, 2.75) is 13.3 Å². The number of imide groups is 1. The van der Waals surface area contributed by atoms with Crippen molar-refractivity contribution in [3.8, 4) is 0 Å². The number of hydrogen-bond acceptors (Lipinski definition) is 5. The predicted octanol–water partition coefficient (Wildman–Crippen LogP) is 1.34. The van der Waals surface area contributed by atoms with Crippen molar-refractivity contribution in [1.29, 1.82) is 0 Å². The van der Waals surface area contributed by atoms with Gasteiger partial charge in [-0.2, -0.15) is 10.1 Å². The quantitative estimate of drug-likeness (QED) is 0.447. The van der Waals surface area contributed by atoms with Gasteiger partial charge in [0.25, 0.3) is 17.5 Å². The molecule has 7 heteroatoms. The van der Waals surface area contributed by atoms with Gasteiger partial charge in [-0.25, -0.2) is 0 Å². The Morgan fingerprint density at radius 3 is 2.44 bits per heavy atom. The number of nitro benzene ring substituents is 1. The maximum atomic E-state index is 11.9. The van der Waals surface area contributed by atoms with E-state index in [1.54, 1.807) is 6.92 Å². The van der Waals surface area contributed by atoms with Crippen LogP contribution in [0.25, 0.3) is 0 Å². The van der Waals surface area contributed by atoms with E-state index in [2.05, 4.69) is 5.10 Å². The number of amides is 2. The highest BCUT2D eigenvalue weighted by molar-refractivity contribution is 6.13. The summed E-state index contributed by atoms with van der Waals surface area (Å²) in [7, 11) is 0. The van der Waals surface area contributed by atoms with Gasteiger partial charge in [-0.1, -0.05) is 0 Å². The highest BCUT2D eigenvalue weighted by atomic mass is 16.6. The molecule has 7 nitrogen and oxygen atoms in total. The van der Waals surface area contributed by atoms with Crippen molar-refractivity contribution >= 4 is 23.2 Å². The molecule has 0 fully saturated rings. The Morgan fingerprint density at radius 1 is 1.39 bits per heavy atom. The molecule has 1 aliphatic rings. The predicted molar refractivity (Wildman–Crippen MR) is 62.0 cm³/mol. The third-order valence-corrected chi connectivity index (χ3v) is 2.43. The number of hydrazone groups is 1. The van der Waals surface area contributed by atoms with E-state index in [1.165, 1.54) is 24.3 Å². The van der Waals surface area contributed by atoms with Gasteiger partial charge in [0.05, 0.1) is 11.3 Å². The van der Waals surface area contributed by atoms with Crippen molar-refractivity contribution in [3.05, 3.63) is 39.9 Å². The average Bonchev–Trinajstić information content (AvgIpc) is 2.67. The molecule has 0 saturated carbocycles. The Kier molecular flexibility index (Phi) is 2.88. The maximum absolute atomic E-state index is 11.9. The summed E-state index contributed by atoms with van der Waals surface area (Å²) < 4.78 is 0. The fraction of sp³-hybridized carbons (Fsp3) is 0.182. The molecule has 2 rings (SSSR count). The average molecular weight is 247 g/mol. The van der Waals surface area contributed by atoms with Gasteiger partial charge in [-0.15, -0.1) is 0 Å². The summed E-state index contributed by atoms with van der Waals surface area (Å²) in [6.45, 7) is 1.65. The number of benzene rings is 1. The van der Waals surface area contributed by atoms with Gasteiger partial charge in [-0.05, 0) is 19.1 Å². The summed E-state index contributed by atoms with van der Waals surface area (Å²) in [6, 6.07) is 5.03. The van der Waals surface area contributed by atoms with Crippen LogP contribution in [0.5, 0.6) is 0 Å². The highest BCUT2D eigenvalue weighted by Crippen LogP contribution is 2.16. The molecule has 1 aromatic rings. The molecule has 0 radical (unpaired) electrons. The second-order valence-electron chi connectivity index (χ2n) is 3.83. The summed E-state index contributed by atoms with van der Waals surface area (Å²) in [5.74, 6) is -0.970. The third-order valence-electron chi connectivity index (χ3n) is 2.43. The molecule has 0 unspecified atom stereocenters. The number of hydrogen-bond donors (Lipinski definition) is 0. The minimum Gasteiger partial charge on any atom is -0.272 e. The zero-order chi connectivity index (χ0) is 13.3. The first-order valence-corrected chi connectivity index (χ1v) is 5.15. The Balaban J connectivity index is 2.24. The normalized spacial score (nSPS) is 14.6. The minimum atomic E-state index is -0.577. The van der Waals surface area contributed by atoms with Crippen molar-refractivity contribution in [1.82, 2.24) is 5.01 Å². The van der Waals surface area contributed by atoms with Gasteiger partial charge in [0.2, 0.25) is 0 Å². The van der Waals surface area contributed by atoms with Gasteiger partial charge >= 0.3 is 0 Å². The Labute approximate surface area is 102 Å². The van der Waals surface area contributed by atoms with Crippen LogP contribution in [0.2, 0.25) is 0 Å². The smallest absolute Gasteiger partial charge is 0.272 e. The van der Waals surface area contributed by atoms with Gasteiger partial charge < -0.3 is 0 Å². The van der Waals surface area contributed by atoms with Crippen LogP contribution in [0.3, 0.4) is 0 Å². The molecule has 0 aliphatic carbocycles. The van der Waals surface area contributed by atoms with Crippen LogP contribution in [-0.2, 0) is 4.79 Å². The van der Waals surface area contributed by atoms with Gasteiger partial charge in [0.15, 0.2) is 0 Å². The number of carbonyl (C=O) groups excluding carboxylic acids is 2. The van der Waals surface area contributed by atoms with Crippen LogP contribution in [0.4, 0.5) is 5.69 Å². The van der Waals surface area contributed by atoms with Crippen LogP contribution in [-0.4, -0.2) is 27.5 Å². The van der Waals surface area contributed by atoms with E-state index in [9.17, 15) is 19.7 Å². The standard InChI is InChI=1S/C11H9N3O4/c1-7-6-10(15)13(12-7)11(16)8-2-4-9(5-3-8)14(17)18/h2-5H,6H2,1H3. The van der Waals surface area contributed by atoms with Crippen LogP contribution in [0.1, 0.15) is 23.7 Å². The molecule has 0 aromatic heterocycles. The topological polar surface area (TPSA) is 92.9 Å². The van der Waals surface area contributed by atoms with Crippen LogP contribution < -0.4 is 0 Å². The lowest BCUT2D eigenvalue weighted by atomic mass is 10.2. The molecule has 1 heterocycles. The number of nitrogens with zero attached hydrogens (tertiary/aromatic N) is 3. The van der Waals surface area contributed by atoms with Crippen LogP contribution in [0, 0.1) is 10.1 Å². The number of non-ortho nitro benzene ring substituents is 1. The van der Waals surface area contributed by atoms with E-state index in [4.69, 9.17) is 0 Å². The number of nitro groups is 1. The monoisotopic (exact) mass is 247 g/mol. The molecule has 92 valence electrons. The van der Waals surface area contributed by atoms with Crippen molar-refractivity contribution in [2.75, 3.05) is 0 Å². The summed E-state index contributed by atoms with van der Waals surface area (Å²) >= 11 is 0. The van der Waals surface area contributed by atoms with Gasteiger partial charge in [0.1, 0.15) is 0 Å². The fourth-order valence-corrected chi connectivity index (χ4v) is 1.56. The maximum Gasteiger partial charge on any atom is 0.281 e. The van der Waals surface area contributed by atoms with E-state index in [1.807, 2.05) is 0 Å². The molecule has 1 aliphatic heterocycles. The minimum absolute atomic E-state index is 0.112. The molecular formula is C11H9N3O4. The lowest BCUT2D eigenvalue weighted by Crippen LogP contribution is -2.28. The molecular weight excluding hydrogens is 238 g/mol. The molecule has 0 atom stereocenters. The molecule has 0 bridgehead atoms. The van der Waals surface area contributed by atoms with Crippen LogP contribution >= 0.6 is 0 Å². The van der Waals surface area contributed by atoms with E-state index >= 15 is 0 Å². The first-order chi connectivity index (χ1) is 8.49. The summed E-state index contributed by atoms with van der Waals surface area (Å²) in [6.07, 6.45) is 0.124.